The number of ketones is 1. The summed E-state index contributed by atoms with van der Waals surface area (Å²) in [7, 11) is 0. The maximum atomic E-state index is 12.6. The molecule has 1 aliphatic heterocycles. The number of ether oxygens (including phenoxy) is 3. The van der Waals surface area contributed by atoms with Crippen molar-refractivity contribution in [3.63, 3.8) is 0 Å². The largest absolute Gasteiger partial charge is 0.494 e. The van der Waals surface area contributed by atoms with Gasteiger partial charge in [0.1, 0.15) is 17.2 Å². The zero-order valence-corrected chi connectivity index (χ0v) is 17.6. The monoisotopic (exact) mass is 464 g/mol. The van der Waals surface area contributed by atoms with Crippen LogP contribution in [-0.2, 0) is 0 Å². The van der Waals surface area contributed by atoms with E-state index in [1.54, 1.807) is 72.8 Å². The first-order valence-electron chi connectivity index (χ1n) is 9.32. The molecule has 6 heteroatoms. The summed E-state index contributed by atoms with van der Waals surface area (Å²) in [6.07, 6.45) is 1.62. The van der Waals surface area contributed by atoms with E-state index in [0.717, 1.165) is 4.47 Å². The number of benzene rings is 3. The number of fused-ring (bicyclic) bond motifs is 1. The Morgan fingerprint density at radius 3 is 2.60 bits per heavy atom. The third-order valence-electron chi connectivity index (χ3n) is 4.40. The molecule has 4 rings (SSSR count). The SMILES string of the molecule is CCOc1ccc2c(c1)O/C(=C\c1cccc(OC(=O)c3ccc(Br)cc3)c1)C2=O. The Morgan fingerprint density at radius 2 is 1.83 bits per heavy atom. The number of hydrogen-bond acceptors (Lipinski definition) is 5. The van der Waals surface area contributed by atoms with Crippen molar-refractivity contribution in [2.75, 3.05) is 6.61 Å². The summed E-state index contributed by atoms with van der Waals surface area (Å²) in [6, 6.07) is 18.9. The highest BCUT2D eigenvalue weighted by atomic mass is 79.9. The van der Waals surface area contributed by atoms with E-state index in [2.05, 4.69) is 15.9 Å². The van der Waals surface area contributed by atoms with Crippen LogP contribution >= 0.6 is 15.9 Å². The molecule has 0 bridgehead atoms. The Kier molecular flexibility index (Phi) is 5.68. The smallest absolute Gasteiger partial charge is 0.343 e. The van der Waals surface area contributed by atoms with Crippen molar-refractivity contribution in [3.05, 3.63) is 93.7 Å². The van der Waals surface area contributed by atoms with Gasteiger partial charge in [0.2, 0.25) is 5.78 Å². The number of esters is 1. The van der Waals surface area contributed by atoms with E-state index in [0.29, 0.717) is 40.5 Å². The summed E-state index contributed by atoms with van der Waals surface area (Å²) in [4.78, 5) is 24.9. The van der Waals surface area contributed by atoms with E-state index >= 15 is 0 Å². The van der Waals surface area contributed by atoms with Crippen LogP contribution in [0.4, 0.5) is 0 Å². The van der Waals surface area contributed by atoms with Crippen LogP contribution in [0.1, 0.15) is 33.2 Å². The van der Waals surface area contributed by atoms with Crippen molar-refractivity contribution in [1.29, 1.82) is 0 Å². The van der Waals surface area contributed by atoms with Crippen LogP contribution in [0, 0.1) is 0 Å². The van der Waals surface area contributed by atoms with E-state index in [-0.39, 0.29) is 11.5 Å². The van der Waals surface area contributed by atoms with Gasteiger partial charge in [-0.25, -0.2) is 4.79 Å². The first-order chi connectivity index (χ1) is 14.5. The van der Waals surface area contributed by atoms with Gasteiger partial charge >= 0.3 is 5.97 Å². The van der Waals surface area contributed by atoms with Crippen LogP contribution in [0.3, 0.4) is 0 Å². The van der Waals surface area contributed by atoms with Gasteiger partial charge in [0.15, 0.2) is 5.76 Å². The average Bonchev–Trinajstić information content (AvgIpc) is 3.04. The molecular weight excluding hydrogens is 448 g/mol. The van der Waals surface area contributed by atoms with Gasteiger partial charge in [0.05, 0.1) is 17.7 Å². The fraction of sp³-hybridized carbons (Fsp3) is 0.0833. The van der Waals surface area contributed by atoms with Crippen LogP contribution in [0.2, 0.25) is 0 Å². The molecular formula is C24H17BrO5. The molecule has 30 heavy (non-hydrogen) atoms. The molecule has 0 aliphatic carbocycles. The Labute approximate surface area is 182 Å². The Hall–Kier alpha value is -3.38. The fourth-order valence-electron chi connectivity index (χ4n) is 2.99. The Morgan fingerprint density at radius 1 is 1.03 bits per heavy atom. The number of Topliss-reactive ketones (excluding diaryl/α,β-unsaturated/α-hetero) is 1. The first kappa shape index (κ1) is 19.9. The molecule has 0 unspecified atom stereocenters. The van der Waals surface area contributed by atoms with Crippen molar-refractivity contribution in [2.45, 2.75) is 6.92 Å². The predicted octanol–water partition coefficient (Wildman–Crippen LogP) is 5.68. The molecule has 0 amide bonds. The lowest BCUT2D eigenvalue weighted by molar-refractivity contribution is 0.0734. The van der Waals surface area contributed by atoms with Crippen molar-refractivity contribution < 1.29 is 23.8 Å². The molecule has 0 fully saturated rings. The summed E-state index contributed by atoms with van der Waals surface area (Å²) < 4.78 is 17.5. The van der Waals surface area contributed by atoms with Gasteiger partial charge in [-0.1, -0.05) is 28.1 Å². The summed E-state index contributed by atoms with van der Waals surface area (Å²) in [5, 5.41) is 0. The number of halogens is 1. The first-order valence-corrected chi connectivity index (χ1v) is 10.1. The minimum absolute atomic E-state index is 0.203. The van der Waals surface area contributed by atoms with Crippen molar-refractivity contribution in [3.8, 4) is 17.2 Å². The summed E-state index contributed by atoms with van der Waals surface area (Å²) >= 11 is 3.33. The van der Waals surface area contributed by atoms with Crippen LogP contribution < -0.4 is 14.2 Å². The molecule has 0 saturated heterocycles. The minimum atomic E-state index is -0.462. The summed E-state index contributed by atoms with van der Waals surface area (Å²) in [6.45, 7) is 2.42. The van der Waals surface area contributed by atoms with Gasteiger partial charge in [0, 0.05) is 10.5 Å². The predicted molar refractivity (Wildman–Crippen MR) is 116 cm³/mol. The lowest BCUT2D eigenvalue weighted by Gasteiger charge is -2.06. The van der Waals surface area contributed by atoms with E-state index in [1.165, 1.54) is 0 Å². The van der Waals surface area contributed by atoms with Gasteiger partial charge in [-0.15, -0.1) is 0 Å². The number of carbonyl (C=O) groups excluding carboxylic acids is 2. The molecule has 0 radical (unpaired) electrons. The summed E-state index contributed by atoms with van der Waals surface area (Å²) in [5.41, 5.74) is 1.61. The molecule has 0 spiro atoms. The van der Waals surface area contributed by atoms with E-state index in [4.69, 9.17) is 14.2 Å². The quantitative estimate of drug-likeness (QED) is 0.276. The van der Waals surface area contributed by atoms with Crippen molar-refractivity contribution >= 4 is 33.8 Å². The fourth-order valence-corrected chi connectivity index (χ4v) is 3.26. The second-order valence-electron chi connectivity index (χ2n) is 6.50. The molecule has 1 aliphatic rings. The molecule has 0 saturated carbocycles. The highest BCUT2D eigenvalue weighted by molar-refractivity contribution is 9.10. The maximum Gasteiger partial charge on any atom is 0.343 e. The van der Waals surface area contributed by atoms with Gasteiger partial charge in [-0.05, 0) is 67.1 Å². The van der Waals surface area contributed by atoms with Crippen LogP contribution in [0.15, 0.2) is 77.0 Å². The van der Waals surface area contributed by atoms with Gasteiger partial charge in [0.25, 0.3) is 0 Å². The molecule has 0 N–H and O–H groups in total. The molecule has 3 aromatic rings. The molecule has 1 heterocycles. The second kappa shape index (κ2) is 8.55. The Bertz CT molecular complexity index is 1150. The number of allylic oxidation sites excluding steroid dienone is 1. The van der Waals surface area contributed by atoms with Gasteiger partial charge in [-0.3, -0.25) is 4.79 Å². The maximum absolute atomic E-state index is 12.6. The van der Waals surface area contributed by atoms with Crippen molar-refractivity contribution in [2.24, 2.45) is 0 Å². The molecule has 5 nitrogen and oxygen atoms in total. The third kappa shape index (κ3) is 4.28. The summed E-state index contributed by atoms with van der Waals surface area (Å²) in [5.74, 6) is 1.03. The lowest BCUT2D eigenvalue weighted by atomic mass is 10.1. The number of rotatable bonds is 5. The van der Waals surface area contributed by atoms with E-state index < -0.39 is 5.97 Å². The highest BCUT2D eigenvalue weighted by Gasteiger charge is 2.27. The second-order valence-corrected chi connectivity index (χ2v) is 7.42. The molecule has 3 aromatic carbocycles. The van der Waals surface area contributed by atoms with Crippen LogP contribution in [0.5, 0.6) is 17.2 Å². The lowest BCUT2D eigenvalue weighted by Crippen LogP contribution is -2.08. The zero-order valence-electron chi connectivity index (χ0n) is 16.1. The standard InChI is InChI=1S/C24H17BrO5/c1-2-28-18-10-11-20-21(14-18)30-22(23(20)26)13-15-4-3-5-19(12-15)29-24(27)16-6-8-17(25)9-7-16/h3-14H,2H2,1H3/b22-13-. The molecule has 0 aromatic heterocycles. The van der Waals surface area contributed by atoms with Gasteiger partial charge in [-0.2, -0.15) is 0 Å². The topological polar surface area (TPSA) is 61.8 Å². The van der Waals surface area contributed by atoms with Gasteiger partial charge < -0.3 is 14.2 Å². The highest BCUT2D eigenvalue weighted by Crippen LogP contribution is 2.35. The molecule has 0 atom stereocenters. The van der Waals surface area contributed by atoms with Crippen molar-refractivity contribution in [1.82, 2.24) is 0 Å². The van der Waals surface area contributed by atoms with E-state index in [1.807, 2.05) is 6.92 Å². The minimum Gasteiger partial charge on any atom is -0.494 e. The van der Waals surface area contributed by atoms with E-state index in [9.17, 15) is 9.59 Å². The van der Waals surface area contributed by atoms with Crippen LogP contribution in [-0.4, -0.2) is 18.4 Å². The number of hydrogen-bond donors (Lipinski definition) is 0. The third-order valence-corrected chi connectivity index (χ3v) is 4.93. The molecule has 150 valence electrons. The average molecular weight is 465 g/mol. The normalized spacial score (nSPS) is 13.7. The zero-order chi connectivity index (χ0) is 21.1. The Balaban J connectivity index is 1.52. The number of carbonyl (C=O) groups is 2. The van der Waals surface area contributed by atoms with Crippen LogP contribution in [0.25, 0.3) is 6.08 Å².